The van der Waals surface area contributed by atoms with Crippen LogP contribution in [0.4, 0.5) is 17.1 Å². The lowest BCUT2D eigenvalue weighted by molar-refractivity contribution is 0.484. The molecule has 2 rings (SSSR count). The van der Waals surface area contributed by atoms with Crippen molar-refractivity contribution in [2.45, 2.75) is 26.2 Å². The van der Waals surface area contributed by atoms with Crippen molar-refractivity contribution in [1.29, 1.82) is 0 Å². The highest BCUT2D eigenvalue weighted by atomic mass is 15.3. The molecule has 21 heavy (non-hydrogen) atoms. The maximum atomic E-state index is 3.52. The number of benzene rings is 2. The van der Waals surface area contributed by atoms with Crippen LogP contribution in [0.15, 0.2) is 48.5 Å². The van der Waals surface area contributed by atoms with Gasteiger partial charge in [0.25, 0.3) is 0 Å². The van der Waals surface area contributed by atoms with Gasteiger partial charge >= 0.3 is 0 Å². The molecule has 0 saturated carbocycles. The van der Waals surface area contributed by atoms with Crippen LogP contribution < -0.4 is 9.80 Å². The number of rotatable bonds is 3. The second-order valence-electron chi connectivity index (χ2n) is 7.52. The summed E-state index contributed by atoms with van der Waals surface area (Å²) >= 11 is 0. The molecule has 0 bridgehead atoms. The van der Waals surface area contributed by atoms with E-state index in [2.05, 4.69) is 89.7 Å². The van der Waals surface area contributed by atoms with Gasteiger partial charge in [0.1, 0.15) is 5.69 Å². The monoisotopic (exact) mass is 283 g/mol. The van der Waals surface area contributed by atoms with Crippen molar-refractivity contribution in [3.05, 3.63) is 54.1 Å². The minimum absolute atomic E-state index is 0.137. The maximum absolute atomic E-state index is 3.52. The lowest BCUT2D eigenvalue weighted by Crippen LogP contribution is -2.35. The lowest BCUT2D eigenvalue weighted by Gasteiger charge is -2.28. The van der Waals surface area contributed by atoms with E-state index in [-0.39, 0.29) is 5.41 Å². The molecule has 2 aromatic rings. The van der Waals surface area contributed by atoms with Crippen molar-refractivity contribution in [3.63, 3.8) is 0 Å². The minimum Gasteiger partial charge on any atom is -0.355 e. The predicted octanol–water partition coefficient (Wildman–Crippen LogP) is 4.92. The van der Waals surface area contributed by atoms with Crippen molar-refractivity contribution in [1.82, 2.24) is 4.48 Å². The molecule has 0 aliphatic carbocycles. The van der Waals surface area contributed by atoms with E-state index >= 15 is 0 Å². The second-order valence-corrected chi connectivity index (χ2v) is 7.52. The molecule has 2 heteroatoms. The number of hydrogen-bond donors (Lipinski definition) is 1. The first-order chi connectivity index (χ1) is 9.66. The Balaban J connectivity index is 2.45. The fourth-order valence-electron chi connectivity index (χ4n) is 2.19. The number of anilines is 2. The molecule has 0 amide bonds. The van der Waals surface area contributed by atoms with Gasteiger partial charge < -0.3 is 5.32 Å². The zero-order chi connectivity index (χ0) is 15.7. The second kappa shape index (κ2) is 5.53. The molecule has 0 heterocycles. The Labute approximate surface area is 129 Å². The fourth-order valence-corrected chi connectivity index (χ4v) is 2.19. The summed E-state index contributed by atoms with van der Waals surface area (Å²) in [6.45, 7) is 6.77. The molecule has 0 radical (unpaired) electrons. The molecule has 0 spiro atoms. The molecule has 0 atom stereocenters. The maximum Gasteiger partial charge on any atom is 0.134 e. The van der Waals surface area contributed by atoms with Gasteiger partial charge in [-0.1, -0.05) is 39.0 Å². The molecule has 1 N–H and O–H groups in total. The van der Waals surface area contributed by atoms with E-state index < -0.39 is 0 Å². The van der Waals surface area contributed by atoms with Crippen molar-refractivity contribution < 1.29 is 0 Å². The van der Waals surface area contributed by atoms with Crippen molar-refractivity contribution in [2.24, 2.45) is 0 Å². The van der Waals surface area contributed by atoms with Gasteiger partial charge in [0, 0.05) is 23.5 Å². The smallest absolute Gasteiger partial charge is 0.134 e. The van der Waals surface area contributed by atoms with Gasteiger partial charge in [-0.3, -0.25) is 4.48 Å². The summed E-state index contributed by atoms with van der Waals surface area (Å²) in [7, 11) is 6.61. The van der Waals surface area contributed by atoms with E-state index in [9.17, 15) is 0 Å². The number of nitrogens with zero attached hydrogens (tertiary/aromatic N) is 1. The third-order valence-corrected chi connectivity index (χ3v) is 3.62. The fraction of sp³-hybridized carbons (Fsp3) is 0.368. The Kier molecular flexibility index (Phi) is 4.11. The average Bonchev–Trinajstić information content (AvgIpc) is 2.37. The van der Waals surface area contributed by atoms with Crippen LogP contribution >= 0.6 is 0 Å². The Morgan fingerprint density at radius 3 is 1.95 bits per heavy atom. The summed E-state index contributed by atoms with van der Waals surface area (Å²) in [6.07, 6.45) is 0. The van der Waals surface area contributed by atoms with E-state index in [0.717, 1.165) is 15.9 Å². The summed E-state index contributed by atoms with van der Waals surface area (Å²) in [5.41, 5.74) is 5.07. The third-order valence-electron chi connectivity index (χ3n) is 3.62. The van der Waals surface area contributed by atoms with E-state index in [1.165, 1.54) is 11.3 Å². The number of para-hydroxylation sites is 1. The molecule has 2 nitrogen and oxygen atoms in total. The Morgan fingerprint density at radius 1 is 0.810 bits per heavy atom. The Hall–Kier alpha value is -1.80. The zero-order valence-electron chi connectivity index (χ0n) is 14.1. The van der Waals surface area contributed by atoms with Gasteiger partial charge in [0.05, 0.1) is 21.1 Å². The molecule has 0 aromatic heterocycles. The van der Waals surface area contributed by atoms with Gasteiger partial charge in [-0.05, 0) is 29.2 Å². The highest BCUT2D eigenvalue weighted by Gasteiger charge is 2.20. The first kappa shape index (κ1) is 15.6. The standard InChI is InChI=1S/C19H27N2/c1-19(2,3)15-12-17(14-18(13-15)21(4,5)6)20-16-10-8-7-9-11-16/h7-14,20H,1-6H3/q+1. The highest BCUT2D eigenvalue weighted by molar-refractivity contribution is 5.66. The van der Waals surface area contributed by atoms with E-state index in [1.807, 2.05) is 6.07 Å². The molecule has 0 aliphatic heterocycles. The van der Waals surface area contributed by atoms with Gasteiger partial charge in [0.2, 0.25) is 0 Å². The van der Waals surface area contributed by atoms with Crippen molar-refractivity contribution in [3.8, 4) is 0 Å². The van der Waals surface area contributed by atoms with Crippen molar-refractivity contribution in [2.75, 3.05) is 26.5 Å². The number of nitrogens with one attached hydrogen (secondary N) is 1. The third kappa shape index (κ3) is 4.08. The van der Waals surface area contributed by atoms with Crippen LogP contribution in [0.2, 0.25) is 0 Å². The Bertz CT molecular complexity index is 569. The lowest BCUT2D eigenvalue weighted by atomic mass is 9.86. The molecule has 112 valence electrons. The molecule has 2 aromatic carbocycles. The normalized spacial score (nSPS) is 12.3. The SMILES string of the molecule is CC(C)(C)c1cc(Nc2ccccc2)cc([N+](C)(C)C)c1. The van der Waals surface area contributed by atoms with E-state index in [0.29, 0.717) is 0 Å². The summed E-state index contributed by atoms with van der Waals surface area (Å²) in [4.78, 5) is 0. The van der Waals surface area contributed by atoms with Gasteiger partial charge in [0.15, 0.2) is 0 Å². The largest absolute Gasteiger partial charge is 0.355 e. The van der Waals surface area contributed by atoms with Gasteiger partial charge in [-0.2, -0.15) is 0 Å². The first-order valence-corrected chi connectivity index (χ1v) is 7.46. The molecular formula is C19H27N2+. The van der Waals surface area contributed by atoms with Crippen LogP contribution in [0.5, 0.6) is 0 Å². The molecule has 0 fully saturated rings. The molecule has 0 aliphatic rings. The summed E-state index contributed by atoms with van der Waals surface area (Å²) in [6, 6.07) is 17.1. The zero-order valence-corrected chi connectivity index (χ0v) is 14.1. The number of hydrogen-bond acceptors (Lipinski definition) is 1. The number of quaternary nitrogens is 1. The quantitative estimate of drug-likeness (QED) is 0.788. The minimum atomic E-state index is 0.137. The van der Waals surface area contributed by atoms with Crippen LogP contribution in [0.3, 0.4) is 0 Å². The van der Waals surface area contributed by atoms with Gasteiger partial charge in [-0.15, -0.1) is 0 Å². The van der Waals surface area contributed by atoms with Crippen LogP contribution in [0, 0.1) is 0 Å². The predicted molar refractivity (Wildman–Crippen MR) is 94.4 cm³/mol. The van der Waals surface area contributed by atoms with E-state index in [4.69, 9.17) is 0 Å². The molecular weight excluding hydrogens is 256 g/mol. The van der Waals surface area contributed by atoms with Crippen LogP contribution in [0.1, 0.15) is 26.3 Å². The van der Waals surface area contributed by atoms with Gasteiger partial charge in [-0.25, -0.2) is 0 Å². The first-order valence-electron chi connectivity index (χ1n) is 7.46. The highest BCUT2D eigenvalue weighted by Crippen LogP contribution is 2.32. The van der Waals surface area contributed by atoms with E-state index in [1.54, 1.807) is 0 Å². The topological polar surface area (TPSA) is 12.0 Å². The van der Waals surface area contributed by atoms with Crippen LogP contribution in [-0.2, 0) is 5.41 Å². The summed E-state index contributed by atoms with van der Waals surface area (Å²) in [5.74, 6) is 0. The van der Waals surface area contributed by atoms with Crippen LogP contribution in [-0.4, -0.2) is 21.1 Å². The average molecular weight is 283 g/mol. The summed E-state index contributed by atoms with van der Waals surface area (Å²) < 4.78 is 0.813. The summed E-state index contributed by atoms with van der Waals surface area (Å²) in [5, 5.41) is 3.52. The van der Waals surface area contributed by atoms with Crippen LogP contribution in [0.25, 0.3) is 0 Å². The van der Waals surface area contributed by atoms with Crippen molar-refractivity contribution >= 4 is 17.1 Å². The Morgan fingerprint density at radius 2 is 1.43 bits per heavy atom. The molecule has 0 saturated heterocycles. The molecule has 0 unspecified atom stereocenters.